The highest BCUT2D eigenvalue weighted by Gasteiger charge is 2.20. The van der Waals surface area contributed by atoms with Gasteiger partial charge in [-0.25, -0.2) is 0 Å². The first kappa shape index (κ1) is 17.8. The molecule has 0 bridgehead atoms. The van der Waals surface area contributed by atoms with Gasteiger partial charge in [-0.1, -0.05) is 61.7 Å². The van der Waals surface area contributed by atoms with Crippen LogP contribution in [0.2, 0.25) is 0 Å². The molecule has 0 heteroatoms. The third-order valence-electron chi connectivity index (χ3n) is 6.57. The normalized spacial score (nSPS) is 31.4. The number of benzene rings is 1. The lowest BCUT2D eigenvalue weighted by Crippen LogP contribution is -2.15. The van der Waals surface area contributed by atoms with Crippen molar-refractivity contribution < 1.29 is 0 Å². The Labute approximate surface area is 149 Å². The van der Waals surface area contributed by atoms with Gasteiger partial charge >= 0.3 is 0 Å². The number of hydrogen-bond donors (Lipinski definition) is 0. The van der Waals surface area contributed by atoms with Crippen LogP contribution < -0.4 is 0 Å². The molecule has 0 spiro atoms. The summed E-state index contributed by atoms with van der Waals surface area (Å²) >= 11 is 0. The Morgan fingerprint density at radius 1 is 0.792 bits per heavy atom. The van der Waals surface area contributed by atoms with Gasteiger partial charge < -0.3 is 0 Å². The summed E-state index contributed by atoms with van der Waals surface area (Å²) in [5.41, 5.74) is 2.90. The number of rotatable bonds is 5. The topological polar surface area (TPSA) is 0 Å². The van der Waals surface area contributed by atoms with Gasteiger partial charge in [-0.05, 0) is 87.5 Å². The third kappa shape index (κ3) is 5.50. The van der Waals surface area contributed by atoms with E-state index in [0.717, 1.165) is 23.7 Å². The van der Waals surface area contributed by atoms with Crippen LogP contribution in [-0.2, 0) is 6.42 Å². The van der Waals surface area contributed by atoms with Crippen molar-refractivity contribution in [3.8, 4) is 0 Å². The van der Waals surface area contributed by atoms with Crippen molar-refractivity contribution in [3.63, 3.8) is 0 Å². The van der Waals surface area contributed by atoms with Crippen LogP contribution in [-0.4, -0.2) is 0 Å². The van der Waals surface area contributed by atoms with Crippen LogP contribution in [0.5, 0.6) is 0 Å². The predicted octanol–water partition coefficient (Wildman–Crippen LogP) is 7.12. The van der Waals surface area contributed by atoms with Crippen molar-refractivity contribution in [3.05, 3.63) is 47.5 Å². The van der Waals surface area contributed by atoms with Crippen molar-refractivity contribution in [2.75, 3.05) is 0 Å². The van der Waals surface area contributed by atoms with Gasteiger partial charge in [0.1, 0.15) is 0 Å². The zero-order valence-electron chi connectivity index (χ0n) is 15.8. The Morgan fingerprint density at radius 3 is 1.92 bits per heavy atom. The first-order valence-corrected chi connectivity index (χ1v) is 10.4. The van der Waals surface area contributed by atoms with Gasteiger partial charge in [0.05, 0.1) is 0 Å². The molecule has 3 rings (SSSR count). The van der Waals surface area contributed by atoms with Gasteiger partial charge in [-0.15, -0.1) is 0 Å². The summed E-state index contributed by atoms with van der Waals surface area (Å²) in [6.07, 6.45) is 19.3. The smallest absolute Gasteiger partial charge is 0.0233 e. The van der Waals surface area contributed by atoms with E-state index in [1.807, 2.05) is 0 Å². The maximum absolute atomic E-state index is 2.59. The molecule has 0 saturated heterocycles. The van der Waals surface area contributed by atoms with Crippen molar-refractivity contribution in [1.29, 1.82) is 0 Å². The van der Waals surface area contributed by atoms with Crippen LogP contribution >= 0.6 is 0 Å². The fraction of sp³-hybridized carbons (Fsp3) is 0.667. The predicted molar refractivity (Wildman–Crippen MR) is 105 cm³/mol. The second-order valence-corrected chi connectivity index (χ2v) is 8.71. The van der Waals surface area contributed by atoms with Crippen molar-refractivity contribution in [2.45, 2.75) is 78.1 Å². The summed E-state index contributed by atoms with van der Waals surface area (Å²) in [5, 5.41) is 0. The molecule has 0 radical (unpaired) electrons. The summed E-state index contributed by atoms with van der Waals surface area (Å²) in [7, 11) is 0. The van der Waals surface area contributed by atoms with Crippen molar-refractivity contribution in [2.24, 2.45) is 23.7 Å². The number of aryl methyl sites for hydroxylation is 2. The average molecular weight is 325 g/mol. The first-order valence-electron chi connectivity index (χ1n) is 10.4. The van der Waals surface area contributed by atoms with E-state index in [0.29, 0.717) is 0 Å². The maximum atomic E-state index is 2.59. The molecule has 0 N–H and O–H groups in total. The van der Waals surface area contributed by atoms with Crippen LogP contribution in [0.3, 0.4) is 0 Å². The van der Waals surface area contributed by atoms with E-state index in [4.69, 9.17) is 0 Å². The van der Waals surface area contributed by atoms with Gasteiger partial charge in [0.2, 0.25) is 0 Å². The summed E-state index contributed by atoms with van der Waals surface area (Å²) in [6.45, 7) is 4.59. The lowest BCUT2D eigenvalue weighted by Gasteiger charge is -2.28. The Hall–Kier alpha value is -1.04. The zero-order chi connectivity index (χ0) is 16.8. The Bertz CT molecular complexity index is 493. The molecule has 0 atom stereocenters. The van der Waals surface area contributed by atoms with Gasteiger partial charge in [-0.3, -0.25) is 0 Å². The quantitative estimate of drug-likeness (QED) is 0.506. The van der Waals surface area contributed by atoms with E-state index in [9.17, 15) is 0 Å². The highest BCUT2D eigenvalue weighted by Crippen LogP contribution is 2.34. The standard InChI is InChI=1S/C24H36/c1-19-3-7-21(8-4-19)11-13-23-15-17-24(18-16-23)14-12-22-9-5-20(2)6-10-22/h3-4,7-8,12,14,20,22-24H,5-6,9-11,13,15-18H2,1-2H3/b14-12+. The van der Waals surface area contributed by atoms with E-state index < -0.39 is 0 Å². The summed E-state index contributed by atoms with van der Waals surface area (Å²) in [5.74, 6) is 3.70. The summed E-state index contributed by atoms with van der Waals surface area (Å²) in [4.78, 5) is 0. The summed E-state index contributed by atoms with van der Waals surface area (Å²) in [6, 6.07) is 9.13. The maximum Gasteiger partial charge on any atom is -0.0233 e. The van der Waals surface area contributed by atoms with Crippen LogP contribution in [0, 0.1) is 30.6 Å². The monoisotopic (exact) mass is 324 g/mol. The fourth-order valence-electron chi connectivity index (χ4n) is 4.59. The third-order valence-corrected chi connectivity index (χ3v) is 6.57. The molecule has 2 aliphatic carbocycles. The van der Waals surface area contributed by atoms with Gasteiger partial charge in [-0.2, -0.15) is 0 Å². The number of allylic oxidation sites excluding steroid dienone is 2. The lowest BCUT2D eigenvalue weighted by molar-refractivity contribution is 0.293. The minimum Gasteiger partial charge on any atom is -0.0851 e. The van der Waals surface area contributed by atoms with Gasteiger partial charge in [0, 0.05) is 0 Å². The lowest BCUT2D eigenvalue weighted by atomic mass is 9.78. The minimum atomic E-state index is 0.875. The van der Waals surface area contributed by atoms with Gasteiger partial charge in [0.15, 0.2) is 0 Å². The van der Waals surface area contributed by atoms with Crippen LogP contribution in [0.1, 0.15) is 75.8 Å². The molecule has 0 unspecified atom stereocenters. The molecule has 0 aromatic heterocycles. The second-order valence-electron chi connectivity index (χ2n) is 8.71. The SMILES string of the molecule is Cc1ccc(CCC2CCC(/C=C/C3CCC(C)CC3)CC2)cc1. The highest BCUT2D eigenvalue weighted by atomic mass is 14.3. The summed E-state index contributed by atoms with van der Waals surface area (Å²) < 4.78 is 0. The van der Waals surface area contributed by atoms with E-state index >= 15 is 0 Å². The molecule has 1 aromatic carbocycles. The Kier molecular flexibility index (Phi) is 6.58. The van der Waals surface area contributed by atoms with E-state index in [-0.39, 0.29) is 0 Å². The van der Waals surface area contributed by atoms with Crippen LogP contribution in [0.15, 0.2) is 36.4 Å². The van der Waals surface area contributed by atoms with E-state index in [1.165, 1.54) is 75.3 Å². The largest absolute Gasteiger partial charge is 0.0851 e. The molecular weight excluding hydrogens is 288 g/mol. The van der Waals surface area contributed by atoms with Crippen molar-refractivity contribution in [1.82, 2.24) is 0 Å². The molecular formula is C24H36. The molecule has 0 nitrogen and oxygen atoms in total. The van der Waals surface area contributed by atoms with E-state index in [2.05, 4.69) is 50.3 Å². The molecule has 2 aliphatic rings. The molecule has 0 heterocycles. The Morgan fingerprint density at radius 2 is 1.33 bits per heavy atom. The van der Waals surface area contributed by atoms with E-state index in [1.54, 1.807) is 0 Å². The molecule has 0 aliphatic heterocycles. The zero-order valence-corrected chi connectivity index (χ0v) is 15.8. The average Bonchev–Trinajstić information content (AvgIpc) is 2.62. The molecule has 132 valence electrons. The first-order chi connectivity index (χ1) is 11.7. The molecule has 0 amide bonds. The number of hydrogen-bond acceptors (Lipinski definition) is 0. The minimum absolute atomic E-state index is 0.875. The molecule has 2 fully saturated rings. The second kappa shape index (κ2) is 8.88. The highest BCUT2D eigenvalue weighted by molar-refractivity contribution is 5.21. The molecule has 24 heavy (non-hydrogen) atoms. The van der Waals surface area contributed by atoms with Crippen molar-refractivity contribution >= 4 is 0 Å². The van der Waals surface area contributed by atoms with Crippen LogP contribution in [0.4, 0.5) is 0 Å². The Balaban J connectivity index is 1.35. The molecule has 1 aromatic rings. The van der Waals surface area contributed by atoms with Gasteiger partial charge in [0.25, 0.3) is 0 Å². The molecule has 2 saturated carbocycles. The fourth-order valence-corrected chi connectivity index (χ4v) is 4.59. The van der Waals surface area contributed by atoms with Crippen LogP contribution in [0.25, 0.3) is 0 Å².